The van der Waals surface area contributed by atoms with Crippen LogP contribution in [0.3, 0.4) is 0 Å². The van der Waals surface area contributed by atoms with E-state index in [2.05, 4.69) is 10.6 Å². The normalized spacial score (nSPS) is 11.8. The van der Waals surface area contributed by atoms with Crippen LogP contribution in [0, 0.1) is 6.92 Å². The van der Waals surface area contributed by atoms with Gasteiger partial charge in [-0.2, -0.15) is 0 Å². The lowest BCUT2D eigenvalue weighted by Crippen LogP contribution is -2.33. The van der Waals surface area contributed by atoms with Crippen LogP contribution in [0.5, 0.6) is 0 Å². The number of hydrogen-bond donors (Lipinski definition) is 2. The maximum Gasteiger partial charge on any atom is 0.261 e. The lowest BCUT2D eigenvalue weighted by Gasteiger charge is -2.12. The number of thiophene rings is 1. The summed E-state index contributed by atoms with van der Waals surface area (Å²) in [5, 5.41) is 6.75. The monoisotopic (exact) mass is 402 g/mol. The number of anilines is 1. The molecule has 1 atom stereocenters. The lowest BCUT2D eigenvalue weighted by molar-refractivity contribution is 0.0942. The smallest absolute Gasteiger partial charge is 0.261 e. The molecule has 27 heavy (non-hydrogen) atoms. The average molecular weight is 403 g/mol. The summed E-state index contributed by atoms with van der Waals surface area (Å²) in [4.78, 5) is 25.5. The summed E-state index contributed by atoms with van der Waals surface area (Å²) in [6.45, 7) is 3.76. The molecule has 3 rings (SSSR count). The summed E-state index contributed by atoms with van der Waals surface area (Å²) in [6, 6.07) is 12.2. The second-order valence-corrected chi connectivity index (χ2v) is 7.67. The number of benzene rings is 1. The quantitative estimate of drug-likeness (QED) is 0.615. The zero-order valence-corrected chi connectivity index (χ0v) is 16.5. The highest BCUT2D eigenvalue weighted by molar-refractivity contribution is 7.18. The van der Waals surface area contributed by atoms with E-state index in [1.807, 2.05) is 26.0 Å². The molecule has 0 radical (unpaired) electrons. The molecule has 7 heteroatoms. The Kier molecular flexibility index (Phi) is 5.98. The summed E-state index contributed by atoms with van der Waals surface area (Å²) in [6.07, 6.45) is 2.22. The lowest BCUT2D eigenvalue weighted by atomic mass is 10.2. The van der Waals surface area contributed by atoms with E-state index in [0.29, 0.717) is 26.9 Å². The van der Waals surface area contributed by atoms with E-state index in [4.69, 9.17) is 16.0 Å². The predicted octanol–water partition coefficient (Wildman–Crippen LogP) is 4.92. The van der Waals surface area contributed by atoms with Gasteiger partial charge < -0.3 is 15.1 Å². The van der Waals surface area contributed by atoms with Gasteiger partial charge in [-0.3, -0.25) is 9.59 Å². The van der Waals surface area contributed by atoms with Gasteiger partial charge >= 0.3 is 0 Å². The van der Waals surface area contributed by atoms with Gasteiger partial charge in [0.2, 0.25) is 0 Å². The van der Waals surface area contributed by atoms with Gasteiger partial charge in [-0.25, -0.2) is 0 Å². The Morgan fingerprint density at radius 2 is 1.96 bits per heavy atom. The van der Waals surface area contributed by atoms with Crippen molar-refractivity contribution in [2.75, 3.05) is 5.32 Å². The van der Waals surface area contributed by atoms with Crippen molar-refractivity contribution in [1.82, 2.24) is 5.32 Å². The van der Waals surface area contributed by atoms with Crippen LogP contribution in [0.4, 0.5) is 5.00 Å². The van der Waals surface area contributed by atoms with Crippen LogP contribution in [0.15, 0.2) is 53.1 Å². The van der Waals surface area contributed by atoms with Gasteiger partial charge in [0.15, 0.2) is 0 Å². The molecule has 2 N–H and O–H groups in total. The van der Waals surface area contributed by atoms with Gasteiger partial charge in [0.05, 0.1) is 26.7 Å². The van der Waals surface area contributed by atoms with Crippen molar-refractivity contribution in [3.8, 4) is 0 Å². The highest BCUT2D eigenvalue weighted by atomic mass is 35.5. The third-order valence-corrected chi connectivity index (χ3v) is 5.43. The highest BCUT2D eigenvalue weighted by Gasteiger charge is 2.18. The molecule has 2 heterocycles. The molecular formula is C20H19ClN2O3S. The molecule has 3 aromatic rings. The fraction of sp³-hybridized carbons (Fsp3) is 0.200. The Labute approximate surface area is 166 Å². The molecule has 0 spiro atoms. The zero-order valence-electron chi connectivity index (χ0n) is 14.9. The Balaban J connectivity index is 1.66. The first-order chi connectivity index (χ1) is 12.9. The molecule has 0 aliphatic carbocycles. The number of carbonyl (C=O) groups is 2. The van der Waals surface area contributed by atoms with Crippen LogP contribution in [-0.4, -0.2) is 17.9 Å². The van der Waals surface area contributed by atoms with Crippen LogP contribution in [0.25, 0.3) is 0 Å². The fourth-order valence-electron chi connectivity index (χ4n) is 2.66. The maximum absolute atomic E-state index is 12.6. The second kappa shape index (κ2) is 8.41. The van der Waals surface area contributed by atoms with Crippen molar-refractivity contribution in [2.24, 2.45) is 0 Å². The van der Waals surface area contributed by atoms with Crippen LogP contribution >= 0.6 is 22.9 Å². The third kappa shape index (κ3) is 4.78. The molecule has 2 amide bonds. The van der Waals surface area contributed by atoms with Crippen molar-refractivity contribution < 1.29 is 14.0 Å². The number of aryl methyl sites for hydroxylation is 1. The van der Waals surface area contributed by atoms with Gasteiger partial charge in [-0.05, 0) is 49.7 Å². The maximum atomic E-state index is 12.6. The number of amides is 2. The van der Waals surface area contributed by atoms with E-state index in [1.165, 1.54) is 11.3 Å². The molecule has 0 saturated heterocycles. The molecule has 0 fully saturated rings. The number of nitrogens with one attached hydrogen (secondary N) is 2. The van der Waals surface area contributed by atoms with Gasteiger partial charge in [0.25, 0.3) is 11.8 Å². The predicted molar refractivity (Wildman–Crippen MR) is 108 cm³/mol. The molecule has 0 saturated carbocycles. The van der Waals surface area contributed by atoms with Crippen LogP contribution < -0.4 is 10.6 Å². The van der Waals surface area contributed by atoms with Crippen molar-refractivity contribution in [1.29, 1.82) is 0 Å². The number of hydrogen-bond acceptors (Lipinski definition) is 4. The topological polar surface area (TPSA) is 71.3 Å². The molecule has 2 aromatic heterocycles. The molecule has 1 unspecified atom stereocenters. The zero-order chi connectivity index (χ0) is 19.4. The minimum Gasteiger partial charge on any atom is -0.469 e. The number of rotatable bonds is 6. The molecule has 0 bridgehead atoms. The van der Waals surface area contributed by atoms with E-state index >= 15 is 0 Å². The Bertz CT molecular complexity index is 950. The van der Waals surface area contributed by atoms with E-state index in [0.717, 1.165) is 11.3 Å². The largest absolute Gasteiger partial charge is 0.469 e. The summed E-state index contributed by atoms with van der Waals surface area (Å²) >= 11 is 7.29. The standard InChI is InChI=1S/C20H19ClN2O3S/c1-12-10-17(23-19(24)15-7-3-4-8-16(15)21)27-18(12)20(25)22-13(2)11-14-6-5-9-26-14/h3-10,13H,11H2,1-2H3,(H,22,25)(H,23,24). The summed E-state index contributed by atoms with van der Waals surface area (Å²) in [5.41, 5.74) is 1.19. The van der Waals surface area contributed by atoms with E-state index in [9.17, 15) is 9.59 Å². The Morgan fingerprint density at radius 1 is 1.19 bits per heavy atom. The SMILES string of the molecule is Cc1cc(NC(=O)c2ccccc2Cl)sc1C(=O)NC(C)Cc1ccco1. The summed E-state index contributed by atoms with van der Waals surface area (Å²) in [7, 11) is 0. The second-order valence-electron chi connectivity index (χ2n) is 6.21. The Hall–Kier alpha value is -2.57. The first-order valence-corrected chi connectivity index (χ1v) is 9.63. The minimum atomic E-state index is -0.306. The molecule has 140 valence electrons. The number of furan rings is 1. The third-order valence-electron chi connectivity index (χ3n) is 3.94. The van der Waals surface area contributed by atoms with Gasteiger partial charge in [0, 0.05) is 12.5 Å². The molecule has 1 aromatic carbocycles. The van der Waals surface area contributed by atoms with Crippen molar-refractivity contribution in [2.45, 2.75) is 26.3 Å². The van der Waals surface area contributed by atoms with Crippen LogP contribution in [0.2, 0.25) is 5.02 Å². The van der Waals surface area contributed by atoms with Crippen LogP contribution in [0.1, 0.15) is 38.3 Å². The van der Waals surface area contributed by atoms with E-state index < -0.39 is 0 Å². The van der Waals surface area contributed by atoms with Crippen molar-refractivity contribution >= 4 is 39.8 Å². The average Bonchev–Trinajstić information content (AvgIpc) is 3.24. The Morgan fingerprint density at radius 3 is 2.67 bits per heavy atom. The van der Waals surface area contributed by atoms with E-state index in [1.54, 1.807) is 36.6 Å². The summed E-state index contributed by atoms with van der Waals surface area (Å²) < 4.78 is 5.31. The minimum absolute atomic E-state index is 0.0775. The first kappa shape index (κ1) is 19.2. The van der Waals surface area contributed by atoms with Gasteiger partial charge in [-0.15, -0.1) is 11.3 Å². The summed E-state index contributed by atoms with van der Waals surface area (Å²) in [5.74, 6) is 0.341. The fourth-order valence-corrected chi connectivity index (χ4v) is 3.86. The highest BCUT2D eigenvalue weighted by Crippen LogP contribution is 2.28. The van der Waals surface area contributed by atoms with Crippen molar-refractivity contribution in [3.05, 3.63) is 75.5 Å². The van der Waals surface area contributed by atoms with E-state index in [-0.39, 0.29) is 17.9 Å². The molecule has 0 aliphatic heterocycles. The number of halogens is 1. The van der Waals surface area contributed by atoms with Crippen molar-refractivity contribution in [3.63, 3.8) is 0 Å². The number of carbonyl (C=O) groups excluding carboxylic acids is 2. The van der Waals surface area contributed by atoms with Gasteiger partial charge in [-0.1, -0.05) is 23.7 Å². The molecular weight excluding hydrogens is 384 g/mol. The molecule has 0 aliphatic rings. The molecule has 5 nitrogen and oxygen atoms in total. The van der Waals surface area contributed by atoms with Crippen LogP contribution in [-0.2, 0) is 6.42 Å². The van der Waals surface area contributed by atoms with Gasteiger partial charge in [0.1, 0.15) is 5.76 Å². The first-order valence-electron chi connectivity index (χ1n) is 8.43.